The molecule has 0 unspecified atom stereocenters. The van der Waals surface area contributed by atoms with E-state index in [2.05, 4.69) is 4.98 Å². The van der Waals surface area contributed by atoms with Crippen LogP contribution in [0.4, 0.5) is 8.78 Å². The van der Waals surface area contributed by atoms with E-state index in [9.17, 15) is 13.6 Å². The van der Waals surface area contributed by atoms with Crippen molar-refractivity contribution in [1.82, 2.24) is 4.98 Å². The highest BCUT2D eigenvalue weighted by atomic mass is 35.5. The predicted molar refractivity (Wildman–Crippen MR) is 61.1 cm³/mol. The molecule has 0 aliphatic carbocycles. The van der Waals surface area contributed by atoms with Gasteiger partial charge in [0.2, 0.25) is 0 Å². The Morgan fingerprint density at radius 3 is 2.72 bits per heavy atom. The van der Waals surface area contributed by atoms with Gasteiger partial charge >= 0.3 is 5.97 Å². The number of nitrogens with zero attached hydrogens (tertiary/aromatic N) is 1. The van der Waals surface area contributed by atoms with Crippen molar-refractivity contribution < 1.29 is 23.0 Å². The number of rotatable bonds is 5. The van der Waals surface area contributed by atoms with Crippen LogP contribution in [-0.4, -0.2) is 24.7 Å². The van der Waals surface area contributed by atoms with Gasteiger partial charge in [-0.05, 0) is 13.0 Å². The van der Waals surface area contributed by atoms with Crippen molar-refractivity contribution in [2.45, 2.75) is 19.8 Å². The number of halogens is 3. The second-order valence-corrected chi connectivity index (χ2v) is 3.67. The summed E-state index contributed by atoms with van der Waals surface area (Å²) < 4.78 is 34.8. The fourth-order valence-corrected chi connectivity index (χ4v) is 1.69. The van der Waals surface area contributed by atoms with Crippen molar-refractivity contribution in [3.8, 4) is 5.75 Å². The monoisotopic (exact) mass is 279 g/mol. The Labute approximate surface area is 108 Å². The van der Waals surface area contributed by atoms with E-state index in [4.69, 9.17) is 21.1 Å². The quantitative estimate of drug-likeness (QED) is 0.614. The molecule has 0 aliphatic heterocycles. The van der Waals surface area contributed by atoms with Crippen LogP contribution in [0.25, 0.3) is 0 Å². The molecule has 1 aromatic rings. The van der Waals surface area contributed by atoms with Crippen LogP contribution in [0.5, 0.6) is 5.75 Å². The van der Waals surface area contributed by atoms with E-state index in [-0.39, 0.29) is 29.5 Å². The largest absolute Gasteiger partial charge is 0.493 e. The standard InChI is InChI=1S/C11H12ClF2NO3/c1-3-18-8(16)5-6-4-7(11(13)14)15-10(12)9(6)17-2/h4,11H,3,5H2,1-2H3. The Morgan fingerprint density at radius 1 is 1.56 bits per heavy atom. The van der Waals surface area contributed by atoms with Gasteiger partial charge in [-0.25, -0.2) is 13.8 Å². The van der Waals surface area contributed by atoms with Crippen LogP contribution in [-0.2, 0) is 16.0 Å². The molecule has 0 spiro atoms. The molecule has 18 heavy (non-hydrogen) atoms. The lowest BCUT2D eigenvalue weighted by Crippen LogP contribution is -2.10. The zero-order valence-electron chi connectivity index (χ0n) is 9.87. The van der Waals surface area contributed by atoms with Crippen molar-refractivity contribution in [3.63, 3.8) is 0 Å². The molecule has 0 amide bonds. The van der Waals surface area contributed by atoms with E-state index in [0.717, 1.165) is 6.07 Å². The van der Waals surface area contributed by atoms with E-state index >= 15 is 0 Å². The average Bonchev–Trinajstić information content (AvgIpc) is 2.28. The van der Waals surface area contributed by atoms with Crippen molar-refractivity contribution in [2.75, 3.05) is 13.7 Å². The number of carbonyl (C=O) groups is 1. The SMILES string of the molecule is CCOC(=O)Cc1cc(C(F)F)nc(Cl)c1OC. The maximum absolute atomic E-state index is 12.6. The van der Waals surface area contributed by atoms with Gasteiger partial charge in [0.1, 0.15) is 5.69 Å². The zero-order chi connectivity index (χ0) is 13.7. The summed E-state index contributed by atoms with van der Waals surface area (Å²) in [4.78, 5) is 14.8. The van der Waals surface area contributed by atoms with E-state index in [1.54, 1.807) is 6.92 Å². The topological polar surface area (TPSA) is 48.4 Å². The first-order valence-corrected chi connectivity index (χ1v) is 5.54. The van der Waals surface area contributed by atoms with Crippen LogP contribution >= 0.6 is 11.6 Å². The first kappa shape index (κ1) is 14.6. The number of ether oxygens (including phenoxy) is 2. The summed E-state index contributed by atoms with van der Waals surface area (Å²) >= 11 is 5.72. The molecule has 0 radical (unpaired) electrons. The van der Waals surface area contributed by atoms with Crippen LogP contribution in [0.1, 0.15) is 24.6 Å². The Kier molecular flexibility index (Phi) is 5.27. The van der Waals surface area contributed by atoms with Gasteiger partial charge in [-0.2, -0.15) is 0 Å². The van der Waals surface area contributed by atoms with Crippen LogP contribution < -0.4 is 4.74 Å². The fourth-order valence-electron chi connectivity index (χ4n) is 1.40. The number of hydrogen-bond acceptors (Lipinski definition) is 4. The Morgan fingerprint density at radius 2 is 2.22 bits per heavy atom. The third-order valence-electron chi connectivity index (χ3n) is 2.10. The van der Waals surface area contributed by atoms with E-state index in [1.165, 1.54) is 7.11 Å². The summed E-state index contributed by atoms with van der Waals surface area (Å²) in [6.07, 6.45) is -2.96. The van der Waals surface area contributed by atoms with Crippen LogP contribution in [0, 0.1) is 0 Å². The average molecular weight is 280 g/mol. The number of aromatic nitrogens is 1. The van der Waals surface area contributed by atoms with Gasteiger partial charge in [-0.1, -0.05) is 11.6 Å². The summed E-state index contributed by atoms with van der Waals surface area (Å²) in [6, 6.07) is 1.09. The molecular formula is C11H12ClF2NO3. The molecule has 0 N–H and O–H groups in total. The van der Waals surface area contributed by atoms with Crippen molar-refractivity contribution in [2.24, 2.45) is 0 Å². The first-order valence-electron chi connectivity index (χ1n) is 5.16. The molecule has 4 nitrogen and oxygen atoms in total. The second-order valence-electron chi connectivity index (χ2n) is 3.31. The number of carbonyl (C=O) groups excluding carboxylic acids is 1. The highest BCUT2D eigenvalue weighted by molar-refractivity contribution is 6.31. The molecule has 1 aromatic heterocycles. The molecule has 100 valence electrons. The maximum Gasteiger partial charge on any atom is 0.310 e. The predicted octanol–water partition coefficient (Wildman–Crippen LogP) is 2.79. The first-order chi connectivity index (χ1) is 8.49. The Bertz CT molecular complexity index is 441. The zero-order valence-corrected chi connectivity index (χ0v) is 10.6. The van der Waals surface area contributed by atoms with Gasteiger partial charge in [-0.3, -0.25) is 4.79 Å². The third-order valence-corrected chi connectivity index (χ3v) is 2.35. The van der Waals surface area contributed by atoms with Crippen LogP contribution in [0.2, 0.25) is 5.15 Å². The molecule has 0 aromatic carbocycles. The minimum atomic E-state index is -2.77. The minimum Gasteiger partial charge on any atom is -0.493 e. The van der Waals surface area contributed by atoms with E-state index < -0.39 is 18.1 Å². The van der Waals surface area contributed by atoms with Gasteiger partial charge in [0, 0.05) is 5.56 Å². The molecule has 0 atom stereocenters. The maximum atomic E-state index is 12.6. The highest BCUT2D eigenvalue weighted by Gasteiger charge is 2.19. The van der Waals surface area contributed by atoms with Gasteiger partial charge in [-0.15, -0.1) is 0 Å². The Hall–Kier alpha value is -1.43. The number of esters is 1. The van der Waals surface area contributed by atoms with Gasteiger partial charge in [0.15, 0.2) is 10.9 Å². The summed E-state index contributed by atoms with van der Waals surface area (Å²) in [5.41, 5.74) is -0.272. The number of pyridine rings is 1. The summed E-state index contributed by atoms with van der Waals surface area (Å²) in [7, 11) is 1.32. The number of methoxy groups -OCH3 is 1. The van der Waals surface area contributed by atoms with E-state index in [1.807, 2.05) is 0 Å². The molecular weight excluding hydrogens is 268 g/mol. The van der Waals surface area contributed by atoms with Crippen LogP contribution in [0.15, 0.2) is 6.07 Å². The molecule has 0 aliphatic rings. The lowest BCUT2D eigenvalue weighted by molar-refractivity contribution is -0.142. The minimum absolute atomic E-state index is 0.106. The number of hydrogen-bond donors (Lipinski definition) is 0. The van der Waals surface area contributed by atoms with Crippen molar-refractivity contribution in [3.05, 3.63) is 22.5 Å². The molecule has 7 heteroatoms. The van der Waals surface area contributed by atoms with Crippen molar-refractivity contribution >= 4 is 17.6 Å². The third kappa shape index (κ3) is 3.53. The molecule has 1 rings (SSSR count). The van der Waals surface area contributed by atoms with Gasteiger partial charge < -0.3 is 9.47 Å². The normalized spacial score (nSPS) is 10.6. The molecule has 1 heterocycles. The van der Waals surface area contributed by atoms with Crippen LogP contribution in [0.3, 0.4) is 0 Å². The lowest BCUT2D eigenvalue weighted by Gasteiger charge is -2.11. The van der Waals surface area contributed by atoms with E-state index in [0.29, 0.717) is 0 Å². The fraction of sp³-hybridized carbons (Fsp3) is 0.455. The molecule has 0 fully saturated rings. The lowest BCUT2D eigenvalue weighted by atomic mass is 10.1. The molecule has 0 saturated heterocycles. The smallest absolute Gasteiger partial charge is 0.310 e. The Balaban J connectivity index is 3.10. The van der Waals surface area contributed by atoms with Crippen molar-refractivity contribution in [1.29, 1.82) is 0 Å². The summed E-state index contributed by atoms with van der Waals surface area (Å²) in [6.45, 7) is 1.86. The number of alkyl halides is 2. The summed E-state index contributed by atoms with van der Waals surface area (Å²) in [5.74, 6) is -0.438. The summed E-state index contributed by atoms with van der Waals surface area (Å²) in [5, 5.41) is -0.199. The molecule has 0 saturated carbocycles. The highest BCUT2D eigenvalue weighted by Crippen LogP contribution is 2.31. The molecule has 0 bridgehead atoms. The van der Waals surface area contributed by atoms with Gasteiger partial charge in [0.25, 0.3) is 6.43 Å². The second kappa shape index (κ2) is 6.49. The van der Waals surface area contributed by atoms with Gasteiger partial charge in [0.05, 0.1) is 20.1 Å².